The van der Waals surface area contributed by atoms with E-state index in [1.807, 2.05) is 0 Å². The number of aromatic nitrogens is 1. The molecule has 0 aliphatic rings. The van der Waals surface area contributed by atoms with Crippen molar-refractivity contribution in [2.75, 3.05) is 0 Å². The topological polar surface area (TPSA) is 101 Å². The molecule has 0 saturated carbocycles. The number of benzene rings is 1. The maximum atomic E-state index is 11.9. The van der Waals surface area contributed by atoms with Gasteiger partial charge in [-0.05, 0) is 18.2 Å². The molecule has 100 valence electrons. The zero-order chi connectivity index (χ0) is 14.4. The highest BCUT2D eigenvalue weighted by atomic mass is 35.5. The summed E-state index contributed by atoms with van der Waals surface area (Å²) < 4.78 is 5.19. The third-order valence-electron chi connectivity index (χ3n) is 2.81. The summed E-state index contributed by atoms with van der Waals surface area (Å²) in [6.07, 6.45) is 0. The van der Waals surface area contributed by atoms with Crippen LogP contribution in [0.1, 0.15) is 10.6 Å². The normalized spacial score (nSPS) is 11.1. The highest BCUT2D eigenvalue weighted by Crippen LogP contribution is 2.30. The lowest BCUT2D eigenvalue weighted by Crippen LogP contribution is -2.07. The van der Waals surface area contributed by atoms with E-state index in [1.54, 1.807) is 6.07 Å². The molecular weight excluding hydrogens is 286 g/mol. The zero-order valence-electron chi connectivity index (χ0n) is 9.75. The minimum absolute atomic E-state index is 0.0556. The van der Waals surface area contributed by atoms with Crippen LogP contribution in [0.25, 0.3) is 21.9 Å². The molecule has 0 spiro atoms. The molecule has 0 amide bonds. The lowest BCUT2D eigenvalue weighted by atomic mass is 10.1. The Labute approximate surface area is 115 Å². The first-order chi connectivity index (χ1) is 9.47. The van der Waals surface area contributed by atoms with E-state index in [0.717, 1.165) is 6.07 Å². The Kier molecular flexibility index (Phi) is 2.62. The van der Waals surface area contributed by atoms with Gasteiger partial charge in [0.05, 0.1) is 5.52 Å². The third-order valence-corrected chi connectivity index (χ3v) is 3.05. The molecule has 0 atom stereocenters. The van der Waals surface area contributed by atoms with Crippen molar-refractivity contribution in [1.82, 2.24) is 4.98 Å². The molecule has 0 saturated heterocycles. The second-order valence-corrected chi connectivity index (χ2v) is 4.52. The van der Waals surface area contributed by atoms with Crippen molar-refractivity contribution in [3.05, 3.63) is 45.3 Å². The number of aromatic carboxylic acids is 1. The second-order valence-electron chi connectivity index (χ2n) is 4.08. The molecule has 1 aromatic carbocycles. The first-order valence-corrected chi connectivity index (χ1v) is 5.84. The maximum Gasteiger partial charge on any atom is 0.371 e. The quantitative estimate of drug-likeness (QED) is 0.668. The van der Waals surface area contributed by atoms with E-state index in [1.165, 1.54) is 12.1 Å². The number of hydrogen-bond acceptors (Lipinski definition) is 5. The van der Waals surface area contributed by atoms with Gasteiger partial charge in [0.2, 0.25) is 11.6 Å². The van der Waals surface area contributed by atoms with Crippen molar-refractivity contribution in [2.24, 2.45) is 0 Å². The van der Waals surface area contributed by atoms with Gasteiger partial charge in [0.1, 0.15) is 5.39 Å². The number of fused-ring (bicyclic) bond motifs is 3. The summed E-state index contributed by atoms with van der Waals surface area (Å²) in [6, 6.07) is 5.37. The van der Waals surface area contributed by atoms with E-state index >= 15 is 0 Å². The van der Waals surface area contributed by atoms with Gasteiger partial charge in [0, 0.05) is 16.5 Å². The van der Waals surface area contributed by atoms with Crippen LogP contribution in [0.15, 0.2) is 33.5 Å². The smallest absolute Gasteiger partial charge is 0.371 e. The number of pyridine rings is 1. The predicted octanol–water partition coefficient (Wildman–Crippen LogP) is 2.40. The van der Waals surface area contributed by atoms with E-state index in [4.69, 9.17) is 21.1 Å². The van der Waals surface area contributed by atoms with E-state index in [2.05, 4.69) is 4.98 Å². The fraction of sp³-hybridized carbons (Fsp3) is 0. The van der Waals surface area contributed by atoms with Gasteiger partial charge in [0.15, 0.2) is 11.0 Å². The van der Waals surface area contributed by atoms with Crippen LogP contribution in [0, 0.1) is 0 Å². The summed E-state index contributed by atoms with van der Waals surface area (Å²) >= 11 is 5.87. The zero-order valence-corrected chi connectivity index (χ0v) is 10.5. The van der Waals surface area contributed by atoms with Gasteiger partial charge in [-0.1, -0.05) is 11.6 Å². The van der Waals surface area contributed by atoms with Crippen LogP contribution in [-0.2, 0) is 0 Å². The molecule has 20 heavy (non-hydrogen) atoms. The minimum atomic E-state index is -1.38. The summed E-state index contributed by atoms with van der Waals surface area (Å²) in [7, 11) is 0. The highest BCUT2D eigenvalue weighted by Gasteiger charge is 2.17. The van der Waals surface area contributed by atoms with Gasteiger partial charge in [-0.3, -0.25) is 4.79 Å². The number of carbonyl (C=O) groups is 1. The van der Waals surface area contributed by atoms with Crippen LogP contribution in [-0.4, -0.2) is 21.2 Å². The van der Waals surface area contributed by atoms with Crippen molar-refractivity contribution >= 4 is 39.4 Å². The SMILES string of the molecule is O=C(O)c1cc(=O)c2c(O)nc3ccc(Cl)cc3c2o1. The van der Waals surface area contributed by atoms with E-state index < -0.39 is 23.0 Å². The van der Waals surface area contributed by atoms with Crippen LogP contribution >= 0.6 is 11.6 Å². The fourth-order valence-electron chi connectivity index (χ4n) is 1.96. The van der Waals surface area contributed by atoms with Gasteiger partial charge in [0.25, 0.3) is 0 Å². The lowest BCUT2D eigenvalue weighted by Gasteiger charge is -2.05. The molecule has 7 heteroatoms. The first kappa shape index (κ1) is 12.4. The number of carboxylic acid groups (broad SMARTS) is 1. The summed E-state index contributed by atoms with van der Waals surface area (Å²) in [5, 5.41) is 19.3. The Bertz CT molecular complexity index is 931. The van der Waals surface area contributed by atoms with Gasteiger partial charge in [-0.25, -0.2) is 9.78 Å². The summed E-state index contributed by atoms with van der Waals surface area (Å²) in [5.41, 5.74) is -0.402. The predicted molar refractivity (Wildman–Crippen MR) is 71.4 cm³/mol. The monoisotopic (exact) mass is 291 g/mol. The molecule has 2 aromatic heterocycles. The molecule has 2 heterocycles. The summed E-state index contributed by atoms with van der Waals surface area (Å²) in [4.78, 5) is 26.7. The Morgan fingerprint density at radius 1 is 1.30 bits per heavy atom. The average Bonchev–Trinajstić information content (AvgIpc) is 2.39. The standard InChI is InChI=1S/C13H6ClNO5/c14-5-1-2-7-6(3-5)11-10(12(17)15-7)8(16)4-9(20-11)13(18)19/h1-4H,(H,15,17)(H,18,19). The van der Waals surface area contributed by atoms with E-state index in [9.17, 15) is 14.7 Å². The molecular formula is C13H6ClNO5. The Balaban J connectivity index is 2.61. The number of carboxylic acids is 1. The largest absolute Gasteiger partial charge is 0.493 e. The van der Waals surface area contributed by atoms with E-state index in [-0.39, 0.29) is 11.0 Å². The van der Waals surface area contributed by atoms with Crippen LogP contribution in [0.2, 0.25) is 5.02 Å². The molecule has 0 bridgehead atoms. The number of rotatable bonds is 1. The molecule has 0 radical (unpaired) electrons. The number of nitrogens with zero attached hydrogens (tertiary/aromatic N) is 1. The van der Waals surface area contributed by atoms with Crippen molar-refractivity contribution in [1.29, 1.82) is 0 Å². The fourth-order valence-corrected chi connectivity index (χ4v) is 2.13. The third kappa shape index (κ3) is 1.78. The van der Waals surface area contributed by atoms with Gasteiger partial charge >= 0.3 is 5.97 Å². The highest BCUT2D eigenvalue weighted by molar-refractivity contribution is 6.31. The Morgan fingerprint density at radius 2 is 2.05 bits per heavy atom. The molecule has 0 unspecified atom stereocenters. The van der Waals surface area contributed by atoms with Crippen molar-refractivity contribution in [2.45, 2.75) is 0 Å². The lowest BCUT2D eigenvalue weighted by molar-refractivity contribution is 0.0663. The molecule has 2 N–H and O–H groups in total. The number of hydrogen-bond donors (Lipinski definition) is 2. The molecule has 0 aliphatic carbocycles. The Hall–Kier alpha value is -2.60. The van der Waals surface area contributed by atoms with Crippen LogP contribution in [0.4, 0.5) is 0 Å². The molecule has 6 nitrogen and oxygen atoms in total. The molecule has 3 rings (SSSR count). The second kappa shape index (κ2) is 4.21. The number of halogens is 1. The van der Waals surface area contributed by atoms with Gasteiger partial charge < -0.3 is 14.6 Å². The maximum absolute atomic E-state index is 11.9. The molecule has 3 aromatic rings. The number of aromatic hydroxyl groups is 1. The minimum Gasteiger partial charge on any atom is -0.493 e. The van der Waals surface area contributed by atoms with Crippen molar-refractivity contribution in [3.63, 3.8) is 0 Å². The Morgan fingerprint density at radius 3 is 2.75 bits per heavy atom. The molecule has 0 fully saturated rings. The van der Waals surface area contributed by atoms with Crippen LogP contribution in [0.3, 0.4) is 0 Å². The van der Waals surface area contributed by atoms with Gasteiger partial charge in [-0.15, -0.1) is 0 Å². The van der Waals surface area contributed by atoms with Crippen LogP contribution < -0.4 is 5.43 Å². The first-order valence-electron chi connectivity index (χ1n) is 5.47. The van der Waals surface area contributed by atoms with Crippen LogP contribution in [0.5, 0.6) is 5.88 Å². The average molecular weight is 292 g/mol. The van der Waals surface area contributed by atoms with Crippen molar-refractivity contribution < 1.29 is 19.4 Å². The summed E-state index contributed by atoms with van der Waals surface area (Å²) in [6.45, 7) is 0. The summed E-state index contributed by atoms with van der Waals surface area (Å²) in [5.74, 6) is -2.41. The van der Waals surface area contributed by atoms with E-state index in [0.29, 0.717) is 15.9 Å². The van der Waals surface area contributed by atoms with Crippen molar-refractivity contribution in [3.8, 4) is 5.88 Å². The molecule has 0 aliphatic heterocycles. The van der Waals surface area contributed by atoms with Gasteiger partial charge in [-0.2, -0.15) is 0 Å².